The Labute approximate surface area is 175 Å². The van der Waals surface area contributed by atoms with Gasteiger partial charge < -0.3 is 15.0 Å². The minimum atomic E-state index is -0.0646. The molecule has 1 aromatic heterocycles. The number of carbonyl (C=O) groups excluding carboxylic acids is 1. The third-order valence-electron chi connectivity index (χ3n) is 4.22. The topological polar surface area (TPSA) is 59.4 Å². The largest absolute Gasteiger partial charge is 0.497 e. The zero-order valence-electron chi connectivity index (χ0n) is 17.1. The van der Waals surface area contributed by atoms with Gasteiger partial charge in [0, 0.05) is 24.6 Å². The van der Waals surface area contributed by atoms with Gasteiger partial charge in [-0.2, -0.15) is 5.10 Å². The van der Waals surface area contributed by atoms with Crippen LogP contribution in [0, 0.1) is 6.92 Å². The molecule has 1 heterocycles. The van der Waals surface area contributed by atoms with Crippen LogP contribution in [0.15, 0.2) is 30.5 Å². The molecule has 0 aliphatic heterocycles. The van der Waals surface area contributed by atoms with Crippen LogP contribution in [-0.4, -0.2) is 66.4 Å². The van der Waals surface area contributed by atoms with E-state index in [-0.39, 0.29) is 5.91 Å². The molecule has 6 nitrogen and oxygen atoms in total. The standard InChI is InChI=1S/C20H30N4O2S2/c1-16-19(15-22-24(16)17-7-9-18(26-4)10-8-17)20(25)21-11-5-6-13-27-28-14-12-23(2)3/h7-10,15H,5-6,11-14H2,1-4H3,(H,21,25). The minimum absolute atomic E-state index is 0.0646. The van der Waals surface area contributed by atoms with E-state index in [1.165, 1.54) is 0 Å². The van der Waals surface area contributed by atoms with Gasteiger partial charge in [-0.05, 0) is 58.1 Å². The van der Waals surface area contributed by atoms with Crippen LogP contribution in [-0.2, 0) is 0 Å². The highest BCUT2D eigenvalue weighted by molar-refractivity contribution is 8.76. The predicted molar refractivity (Wildman–Crippen MR) is 120 cm³/mol. The Bertz CT molecular complexity index is 732. The molecular formula is C20H30N4O2S2. The van der Waals surface area contributed by atoms with Crippen molar-refractivity contribution in [1.29, 1.82) is 0 Å². The molecule has 0 saturated heterocycles. The second-order valence-electron chi connectivity index (χ2n) is 6.66. The van der Waals surface area contributed by atoms with Crippen LogP contribution < -0.4 is 10.1 Å². The highest BCUT2D eigenvalue weighted by atomic mass is 33.1. The SMILES string of the molecule is COc1ccc(-n2ncc(C(=O)NCCCCSSCCN(C)C)c2C)cc1. The molecule has 0 bridgehead atoms. The lowest BCUT2D eigenvalue weighted by Gasteiger charge is -2.08. The van der Waals surface area contributed by atoms with E-state index >= 15 is 0 Å². The molecule has 28 heavy (non-hydrogen) atoms. The van der Waals surface area contributed by atoms with Crippen LogP contribution >= 0.6 is 21.6 Å². The Morgan fingerprint density at radius 3 is 2.57 bits per heavy atom. The minimum Gasteiger partial charge on any atom is -0.497 e. The fraction of sp³-hybridized carbons (Fsp3) is 0.500. The summed E-state index contributed by atoms with van der Waals surface area (Å²) >= 11 is 0. The molecule has 0 fully saturated rings. The fourth-order valence-corrected chi connectivity index (χ4v) is 4.82. The molecule has 1 N–H and O–H groups in total. The van der Waals surface area contributed by atoms with Gasteiger partial charge in [0.1, 0.15) is 5.75 Å². The normalized spacial score (nSPS) is 11.0. The van der Waals surface area contributed by atoms with Crippen molar-refractivity contribution in [2.45, 2.75) is 19.8 Å². The van der Waals surface area contributed by atoms with Crippen LogP contribution in [0.5, 0.6) is 5.75 Å². The van der Waals surface area contributed by atoms with E-state index in [0.717, 1.165) is 48.0 Å². The monoisotopic (exact) mass is 422 g/mol. The molecule has 154 valence electrons. The molecule has 0 unspecified atom stereocenters. The smallest absolute Gasteiger partial charge is 0.254 e. The third kappa shape index (κ3) is 7.07. The number of benzene rings is 1. The van der Waals surface area contributed by atoms with Crippen molar-refractivity contribution in [2.75, 3.05) is 45.8 Å². The summed E-state index contributed by atoms with van der Waals surface area (Å²) in [5, 5.41) is 7.37. The number of ether oxygens (including phenoxy) is 1. The van der Waals surface area contributed by atoms with Crippen molar-refractivity contribution in [1.82, 2.24) is 20.0 Å². The number of nitrogens with zero attached hydrogens (tertiary/aromatic N) is 3. The Balaban J connectivity index is 1.72. The summed E-state index contributed by atoms with van der Waals surface area (Å²) in [6.45, 7) is 3.71. The Morgan fingerprint density at radius 1 is 1.18 bits per heavy atom. The van der Waals surface area contributed by atoms with Gasteiger partial charge in [-0.3, -0.25) is 4.79 Å². The molecule has 0 radical (unpaired) electrons. The highest BCUT2D eigenvalue weighted by Crippen LogP contribution is 2.22. The second kappa shape index (κ2) is 12.0. The van der Waals surface area contributed by atoms with Crippen molar-refractivity contribution in [3.05, 3.63) is 41.7 Å². The first-order valence-electron chi connectivity index (χ1n) is 9.39. The van der Waals surface area contributed by atoms with Crippen molar-refractivity contribution in [3.63, 3.8) is 0 Å². The summed E-state index contributed by atoms with van der Waals surface area (Å²) in [5.74, 6) is 2.99. The van der Waals surface area contributed by atoms with Crippen molar-refractivity contribution < 1.29 is 9.53 Å². The molecular weight excluding hydrogens is 392 g/mol. The van der Waals surface area contributed by atoms with E-state index in [2.05, 4.69) is 29.4 Å². The van der Waals surface area contributed by atoms with E-state index in [1.54, 1.807) is 18.0 Å². The molecule has 0 saturated carbocycles. The number of methoxy groups -OCH3 is 1. The maximum absolute atomic E-state index is 12.5. The van der Waals surface area contributed by atoms with Crippen LogP contribution in [0.2, 0.25) is 0 Å². The van der Waals surface area contributed by atoms with Gasteiger partial charge in [0.25, 0.3) is 5.91 Å². The molecule has 1 amide bonds. The lowest BCUT2D eigenvalue weighted by Crippen LogP contribution is -2.25. The van der Waals surface area contributed by atoms with Gasteiger partial charge in [-0.15, -0.1) is 0 Å². The molecule has 2 aromatic rings. The maximum Gasteiger partial charge on any atom is 0.254 e. The average molecular weight is 423 g/mol. The Kier molecular flexibility index (Phi) is 9.73. The van der Waals surface area contributed by atoms with Gasteiger partial charge in [0.05, 0.1) is 30.3 Å². The number of amides is 1. The Morgan fingerprint density at radius 2 is 1.89 bits per heavy atom. The first-order valence-corrected chi connectivity index (χ1v) is 11.9. The summed E-state index contributed by atoms with van der Waals surface area (Å²) in [6, 6.07) is 7.61. The number of rotatable bonds is 12. The second-order valence-corrected chi connectivity index (χ2v) is 9.37. The van der Waals surface area contributed by atoms with E-state index in [4.69, 9.17) is 4.74 Å². The average Bonchev–Trinajstić information content (AvgIpc) is 3.07. The number of hydrogen-bond acceptors (Lipinski definition) is 6. The van der Waals surface area contributed by atoms with Gasteiger partial charge in [-0.25, -0.2) is 4.68 Å². The summed E-state index contributed by atoms with van der Waals surface area (Å²) in [4.78, 5) is 14.6. The van der Waals surface area contributed by atoms with Gasteiger partial charge >= 0.3 is 0 Å². The number of hydrogen-bond donors (Lipinski definition) is 1. The zero-order valence-corrected chi connectivity index (χ0v) is 18.7. The van der Waals surface area contributed by atoms with Crippen LogP contribution in [0.4, 0.5) is 0 Å². The predicted octanol–water partition coefficient (Wildman–Crippen LogP) is 3.64. The zero-order chi connectivity index (χ0) is 20.4. The van der Waals surface area contributed by atoms with Crippen molar-refractivity contribution >= 4 is 27.5 Å². The first-order chi connectivity index (χ1) is 13.5. The van der Waals surface area contributed by atoms with Crippen LogP contribution in [0.1, 0.15) is 28.9 Å². The highest BCUT2D eigenvalue weighted by Gasteiger charge is 2.14. The molecule has 0 aliphatic rings. The number of unbranched alkanes of at least 4 members (excludes halogenated alkanes) is 1. The van der Waals surface area contributed by atoms with E-state index in [9.17, 15) is 4.79 Å². The molecule has 1 aromatic carbocycles. The summed E-state index contributed by atoms with van der Waals surface area (Å²) in [7, 11) is 9.65. The van der Waals surface area contributed by atoms with Crippen LogP contribution in [0.3, 0.4) is 0 Å². The van der Waals surface area contributed by atoms with Gasteiger partial charge in [0.15, 0.2) is 0 Å². The lowest BCUT2D eigenvalue weighted by atomic mass is 10.2. The number of aromatic nitrogens is 2. The van der Waals surface area contributed by atoms with E-state index < -0.39 is 0 Å². The molecule has 0 atom stereocenters. The number of nitrogens with one attached hydrogen (secondary N) is 1. The maximum atomic E-state index is 12.5. The number of carbonyl (C=O) groups is 1. The van der Waals surface area contributed by atoms with Crippen molar-refractivity contribution in [3.8, 4) is 11.4 Å². The third-order valence-corrected chi connectivity index (χ3v) is 6.69. The summed E-state index contributed by atoms with van der Waals surface area (Å²) in [5.41, 5.74) is 2.35. The van der Waals surface area contributed by atoms with E-state index in [1.807, 2.05) is 52.8 Å². The van der Waals surface area contributed by atoms with Crippen LogP contribution in [0.25, 0.3) is 5.69 Å². The molecule has 0 spiro atoms. The molecule has 8 heteroatoms. The lowest BCUT2D eigenvalue weighted by molar-refractivity contribution is 0.0952. The molecule has 0 aliphatic carbocycles. The molecule has 2 rings (SSSR count). The Hall–Kier alpha value is -1.64. The fourth-order valence-electron chi connectivity index (χ4n) is 2.54. The van der Waals surface area contributed by atoms with Crippen molar-refractivity contribution in [2.24, 2.45) is 0 Å². The quantitative estimate of drug-likeness (QED) is 0.416. The van der Waals surface area contributed by atoms with Gasteiger partial charge in [0.2, 0.25) is 0 Å². The summed E-state index contributed by atoms with van der Waals surface area (Å²) in [6.07, 6.45) is 3.72. The first kappa shape index (κ1) is 22.6. The summed E-state index contributed by atoms with van der Waals surface area (Å²) < 4.78 is 6.95. The van der Waals surface area contributed by atoms with E-state index in [0.29, 0.717) is 12.1 Å². The van der Waals surface area contributed by atoms with Gasteiger partial charge in [-0.1, -0.05) is 21.6 Å².